The van der Waals surface area contributed by atoms with Gasteiger partial charge in [-0.05, 0) is 35.0 Å². The minimum absolute atomic E-state index is 0.792. The van der Waals surface area contributed by atoms with E-state index in [4.69, 9.17) is 0 Å². The first kappa shape index (κ1) is 12.0. The van der Waals surface area contributed by atoms with E-state index in [0.717, 1.165) is 34.8 Å². The Morgan fingerprint density at radius 1 is 1.41 bits per heavy atom. The van der Waals surface area contributed by atoms with Crippen molar-refractivity contribution in [2.24, 2.45) is 7.05 Å². The summed E-state index contributed by atoms with van der Waals surface area (Å²) in [5, 5.41) is 11.1. The quantitative estimate of drug-likeness (QED) is 0.936. The van der Waals surface area contributed by atoms with E-state index in [-0.39, 0.29) is 0 Å². The molecule has 0 amide bonds. The molecule has 0 fully saturated rings. The van der Waals surface area contributed by atoms with Gasteiger partial charge < -0.3 is 9.88 Å². The molecule has 2 heterocycles. The van der Waals surface area contributed by atoms with Crippen LogP contribution in [0.25, 0.3) is 0 Å². The molecule has 5 nitrogen and oxygen atoms in total. The van der Waals surface area contributed by atoms with Crippen molar-refractivity contribution in [1.29, 1.82) is 0 Å². The molecule has 6 heteroatoms. The number of hydrogen-bond acceptors (Lipinski definition) is 4. The summed E-state index contributed by atoms with van der Waals surface area (Å²) in [4.78, 5) is 4.41. The van der Waals surface area contributed by atoms with Crippen molar-refractivity contribution in [3.8, 4) is 0 Å². The Hall–Kier alpha value is -1.43. The van der Waals surface area contributed by atoms with Gasteiger partial charge in [-0.2, -0.15) is 0 Å². The number of halogens is 1. The molecular formula is C11H14BrN5. The summed E-state index contributed by atoms with van der Waals surface area (Å²) >= 11 is 3.43. The third kappa shape index (κ3) is 3.03. The second-order valence-corrected chi connectivity index (χ2v) is 4.65. The van der Waals surface area contributed by atoms with Gasteiger partial charge in [-0.1, -0.05) is 0 Å². The zero-order valence-electron chi connectivity index (χ0n) is 9.81. The molecule has 0 aromatic carbocycles. The lowest BCUT2D eigenvalue weighted by atomic mass is 10.3. The Morgan fingerprint density at radius 3 is 2.88 bits per heavy atom. The topological polar surface area (TPSA) is 55.6 Å². The van der Waals surface area contributed by atoms with E-state index < -0.39 is 0 Å². The molecule has 0 spiro atoms. The molecular weight excluding hydrogens is 282 g/mol. The maximum atomic E-state index is 4.41. The fraction of sp³-hybridized carbons (Fsp3) is 0.364. The molecule has 90 valence electrons. The number of aromatic nitrogens is 4. The van der Waals surface area contributed by atoms with Crippen molar-refractivity contribution in [2.45, 2.75) is 13.3 Å². The lowest BCUT2D eigenvalue weighted by molar-refractivity contribution is 0.787. The van der Waals surface area contributed by atoms with Crippen LogP contribution in [0.3, 0.4) is 0 Å². The van der Waals surface area contributed by atoms with Crippen molar-refractivity contribution in [3.63, 3.8) is 0 Å². The van der Waals surface area contributed by atoms with Crippen LogP contribution >= 0.6 is 15.9 Å². The standard InChI is InChI=1S/C11H14BrN5/c1-8-9(12)3-4-10(15-8)13-6-5-11-16-14-7-17(11)2/h3-4,7H,5-6H2,1-2H3,(H,13,15). The Morgan fingerprint density at radius 2 is 2.24 bits per heavy atom. The first-order chi connectivity index (χ1) is 8.16. The van der Waals surface area contributed by atoms with Crippen molar-refractivity contribution < 1.29 is 0 Å². The van der Waals surface area contributed by atoms with Crippen LogP contribution in [0.1, 0.15) is 11.5 Å². The average molecular weight is 296 g/mol. The number of rotatable bonds is 4. The van der Waals surface area contributed by atoms with E-state index in [1.807, 2.05) is 30.7 Å². The summed E-state index contributed by atoms with van der Waals surface area (Å²) < 4.78 is 2.94. The van der Waals surface area contributed by atoms with Crippen LogP contribution in [-0.4, -0.2) is 26.3 Å². The van der Waals surface area contributed by atoms with Crippen molar-refractivity contribution in [2.75, 3.05) is 11.9 Å². The normalized spacial score (nSPS) is 10.5. The van der Waals surface area contributed by atoms with Crippen LogP contribution in [0.4, 0.5) is 5.82 Å². The Labute approximate surface area is 108 Å². The molecule has 0 radical (unpaired) electrons. The molecule has 0 bridgehead atoms. The minimum Gasteiger partial charge on any atom is -0.370 e. The predicted octanol–water partition coefficient (Wildman–Crippen LogP) is 1.94. The highest BCUT2D eigenvalue weighted by atomic mass is 79.9. The summed E-state index contributed by atoms with van der Waals surface area (Å²) in [7, 11) is 1.94. The first-order valence-corrected chi connectivity index (χ1v) is 6.16. The van der Waals surface area contributed by atoms with E-state index in [0.29, 0.717) is 0 Å². The second kappa shape index (κ2) is 5.27. The molecule has 0 aliphatic rings. The van der Waals surface area contributed by atoms with E-state index in [2.05, 4.69) is 36.4 Å². The number of aryl methyl sites for hydroxylation is 2. The molecule has 0 saturated heterocycles. The molecule has 2 aromatic rings. The molecule has 0 saturated carbocycles. The first-order valence-electron chi connectivity index (χ1n) is 5.36. The number of nitrogens with one attached hydrogen (secondary N) is 1. The summed E-state index contributed by atoms with van der Waals surface area (Å²) in [5.41, 5.74) is 0.980. The predicted molar refractivity (Wildman–Crippen MR) is 69.9 cm³/mol. The highest BCUT2D eigenvalue weighted by Gasteiger charge is 2.01. The van der Waals surface area contributed by atoms with Gasteiger partial charge in [-0.25, -0.2) is 4.98 Å². The van der Waals surface area contributed by atoms with Crippen LogP contribution in [0.2, 0.25) is 0 Å². The van der Waals surface area contributed by atoms with Crippen LogP contribution in [0.15, 0.2) is 22.9 Å². The molecule has 0 unspecified atom stereocenters. The molecule has 17 heavy (non-hydrogen) atoms. The lowest BCUT2D eigenvalue weighted by Crippen LogP contribution is -2.09. The largest absolute Gasteiger partial charge is 0.370 e. The van der Waals surface area contributed by atoms with Gasteiger partial charge in [-0.3, -0.25) is 0 Å². The van der Waals surface area contributed by atoms with Crippen LogP contribution < -0.4 is 5.32 Å². The Balaban J connectivity index is 1.90. The summed E-state index contributed by atoms with van der Waals surface area (Å²) in [6.07, 6.45) is 2.53. The Kier molecular flexibility index (Phi) is 3.73. The van der Waals surface area contributed by atoms with Gasteiger partial charge in [-0.15, -0.1) is 10.2 Å². The van der Waals surface area contributed by atoms with E-state index in [1.54, 1.807) is 6.33 Å². The minimum atomic E-state index is 0.792. The van der Waals surface area contributed by atoms with Crippen LogP contribution in [0, 0.1) is 6.92 Å². The van der Waals surface area contributed by atoms with Crippen molar-refractivity contribution >= 4 is 21.7 Å². The highest BCUT2D eigenvalue weighted by molar-refractivity contribution is 9.10. The smallest absolute Gasteiger partial charge is 0.134 e. The molecule has 0 atom stereocenters. The SMILES string of the molecule is Cc1nc(NCCc2nncn2C)ccc1Br. The third-order valence-corrected chi connectivity index (χ3v) is 3.32. The second-order valence-electron chi connectivity index (χ2n) is 3.80. The van der Waals surface area contributed by atoms with Gasteiger partial charge in [0.25, 0.3) is 0 Å². The van der Waals surface area contributed by atoms with Crippen LogP contribution in [-0.2, 0) is 13.5 Å². The zero-order chi connectivity index (χ0) is 12.3. The summed E-state index contributed by atoms with van der Waals surface area (Å²) in [6, 6.07) is 3.95. The lowest BCUT2D eigenvalue weighted by Gasteiger charge is -2.06. The Bertz CT molecular complexity index is 508. The molecule has 2 aromatic heterocycles. The molecule has 2 rings (SSSR count). The van der Waals surface area contributed by atoms with Gasteiger partial charge in [0.2, 0.25) is 0 Å². The fourth-order valence-electron chi connectivity index (χ4n) is 1.48. The number of pyridine rings is 1. The maximum Gasteiger partial charge on any atom is 0.134 e. The molecule has 0 aliphatic carbocycles. The molecule has 1 N–H and O–H groups in total. The van der Waals surface area contributed by atoms with Crippen molar-refractivity contribution in [3.05, 3.63) is 34.5 Å². The average Bonchev–Trinajstić information content (AvgIpc) is 2.70. The number of anilines is 1. The van der Waals surface area contributed by atoms with Gasteiger partial charge in [0.15, 0.2) is 0 Å². The van der Waals surface area contributed by atoms with Gasteiger partial charge in [0.1, 0.15) is 18.0 Å². The number of nitrogens with zero attached hydrogens (tertiary/aromatic N) is 4. The third-order valence-electron chi connectivity index (χ3n) is 2.48. The van der Waals surface area contributed by atoms with E-state index in [9.17, 15) is 0 Å². The summed E-state index contributed by atoms with van der Waals surface area (Å²) in [5.74, 6) is 1.85. The summed E-state index contributed by atoms with van der Waals surface area (Å²) in [6.45, 7) is 2.76. The van der Waals surface area contributed by atoms with Gasteiger partial charge in [0, 0.05) is 24.5 Å². The number of hydrogen-bond donors (Lipinski definition) is 1. The highest BCUT2D eigenvalue weighted by Crippen LogP contribution is 2.15. The van der Waals surface area contributed by atoms with Crippen LogP contribution in [0.5, 0.6) is 0 Å². The fourth-order valence-corrected chi connectivity index (χ4v) is 1.70. The molecule has 0 aliphatic heterocycles. The maximum absolute atomic E-state index is 4.41. The van der Waals surface area contributed by atoms with Gasteiger partial charge >= 0.3 is 0 Å². The van der Waals surface area contributed by atoms with E-state index in [1.165, 1.54) is 0 Å². The van der Waals surface area contributed by atoms with E-state index >= 15 is 0 Å². The van der Waals surface area contributed by atoms with Crippen molar-refractivity contribution in [1.82, 2.24) is 19.7 Å². The van der Waals surface area contributed by atoms with Gasteiger partial charge in [0.05, 0.1) is 5.69 Å². The monoisotopic (exact) mass is 295 g/mol. The zero-order valence-corrected chi connectivity index (χ0v) is 11.4.